The molecule has 1 aromatic heterocycles. The number of amides is 2. The van der Waals surface area contributed by atoms with Crippen molar-refractivity contribution in [1.29, 1.82) is 0 Å². The number of aromatic nitrogens is 1. The topological polar surface area (TPSA) is 122 Å². The lowest BCUT2D eigenvalue weighted by atomic mass is 10.00. The van der Waals surface area contributed by atoms with E-state index in [1.54, 1.807) is 35.2 Å². The molecule has 0 radical (unpaired) electrons. The number of carbonyl (C=O) groups is 2. The predicted octanol–water partition coefficient (Wildman–Crippen LogP) is 5.46. The van der Waals surface area contributed by atoms with Gasteiger partial charge in [0.05, 0.1) is 19.4 Å². The zero-order valence-electron chi connectivity index (χ0n) is 26.3. The number of rotatable bonds is 15. The zero-order chi connectivity index (χ0) is 33.2. The van der Waals surface area contributed by atoms with E-state index >= 15 is 0 Å². The van der Waals surface area contributed by atoms with Crippen LogP contribution in [0.4, 0.5) is 8.78 Å². The van der Waals surface area contributed by atoms with E-state index in [9.17, 15) is 23.5 Å². The maximum absolute atomic E-state index is 14.3. The molecule has 2 amide bonds. The lowest BCUT2D eigenvalue weighted by Crippen LogP contribution is -2.46. The SMILES string of the molecule is CCCN(CCC)C(=O)c1cc(C(=O)N(Cc2cccc(OC)c2)C[C@@H](O)[C@@H](N)Cc2cc(F)cc(F)c2)cc(-c2ncco2)c1. The predicted molar refractivity (Wildman–Crippen MR) is 170 cm³/mol. The van der Waals surface area contributed by atoms with Gasteiger partial charge in [0.2, 0.25) is 5.89 Å². The number of carbonyl (C=O) groups excluding carboxylic acids is 2. The Balaban J connectivity index is 1.70. The molecule has 0 aliphatic carbocycles. The van der Waals surface area contributed by atoms with Crippen molar-refractivity contribution in [2.24, 2.45) is 5.73 Å². The van der Waals surface area contributed by atoms with Gasteiger partial charge in [-0.25, -0.2) is 13.8 Å². The normalized spacial score (nSPS) is 12.4. The first-order chi connectivity index (χ1) is 22.1. The molecule has 0 fully saturated rings. The van der Waals surface area contributed by atoms with Crippen LogP contribution in [0.3, 0.4) is 0 Å². The van der Waals surface area contributed by atoms with Gasteiger partial charge in [0, 0.05) is 55.0 Å². The third-order valence-corrected chi connectivity index (χ3v) is 7.47. The smallest absolute Gasteiger partial charge is 0.254 e. The average Bonchev–Trinajstić information content (AvgIpc) is 3.58. The Labute approximate surface area is 267 Å². The number of halogens is 2. The fourth-order valence-electron chi connectivity index (χ4n) is 5.29. The van der Waals surface area contributed by atoms with Crippen LogP contribution in [-0.2, 0) is 13.0 Å². The summed E-state index contributed by atoms with van der Waals surface area (Å²) in [6.07, 6.45) is 3.13. The second kappa shape index (κ2) is 16.1. The molecule has 3 aromatic carbocycles. The summed E-state index contributed by atoms with van der Waals surface area (Å²) in [5.74, 6) is -1.38. The molecule has 0 saturated heterocycles. The summed E-state index contributed by atoms with van der Waals surface area (Å²) in [6, 6.07) is 14.0. The molecule has 4 rings (SSSR count). The first-order valence-electron chi connectivity index (χ1n) is 15.3. The third-order valence-electron chi connectivity index (χ3n) is 7.47. The fourth-order valence-corrected chi connectivity index (χ4v) is 5.29. The van der Waals surface area contributed by atoms with Crippen molar-refractivity contribution in [3.05, 3.63) is 107 Å². The minimum absolute atomic E-state index is 0.0278. The molecule has 1 heterocycles. The number of nitrogens with two attached hydrogens (primary N) is 1. The van der Waals surface area contributed by atoms with E-state index in [2.05, 4.69) is 4.98 Å². The molecule has 3 N–H and O–H groups in total. The molecule has 9 nitrogen and oxygen atoms in total. The lowest BCUT2D eigenvalue weighted by molar-refractivity contribution is 0.0554. The monoisotopic (exact) mass is 634 g/mol. The van der Waals surface area contributed by atoms with Gasteiger partial charge in [0.25, 0.3) is 11.8 Å². The average molecular weight is 635 g/mol. The van der Waals surface area contributed by atoms with Crippen LogP contribution in [0.15, 0.2) is 77.5 Å². The van der Waals surface area contributed by atoms with E-state index in [0.29, 0.717) is 30.0 Å². The Kier molecular flexibility index (Phi) is 12.0. The standard InChI is InChI=1S/C35H40F2N4O5/c1-4-10-40(11-5-2)34(43)26-17-25(33-39-9-12-46-33)18-27(19-26)35(44)41(21-23-7-6-8-30(15-23)45-3)22-32(42)31(38)16-24-13-28(36)20-29(37)14-24/h6-9,12-15,17-20,31-32,42H,4-5,10-11,16,21-22,38H2,1-3H3/t31-,32+/m0/s1. The first kappa shape index (κ1) is 34.3. The van der Waals surface area contributed by atoms with E-state index in [0.717, 1.165) is 36.6 Å². The molecule has 0 aliphatic rings. The van der Waals surface area contributed by atoms with Crippen LogP contribution in [0.1, 0.15) is 58.5 Å². The molecule has 11 heteroatoms. The van der Waals surface area contributed by atoms with Crippen molar-refractivity contribution in [3.63, 3.8) is 0 Å². The largest absolute Gasteiger partial charge is 0.497 e. The quantitative estimate of drug-likeness (QED) is 0.178. The minimum Gasteiger partial charge on any atom is -0.497 e. The number of ether oxygens (including phenoxy) is 1. The lowest BCUT2D eigenvalue weighted by Gasteiger charge is -2.29. The van der Waals surface area contributed by atoms with Crippen LogP contribution >= 0.6 is 0 Å². The van der Waals surface area contributed by atoms with Crippen molar-refractivity contribution < 1.29 is 32.6 Å². The van der Waals surface area contributed by atoms with Gasteiger partial charge in [-0.15, -0.1) is 0 Å². The molecule has 46 heavy (non-hydrogen) atoms. The molecular formula is C35H40F2N4O5. The van der Waals surface area contributed by atoms with Gasteiger partial charge >= 0.3 is 0 Å². The minimum atomic E-state index is -1.26. The summed E-state index contributed by atoms with van der Waals surface area (Å²) in [6.45, 7) is 4.95. The van der Waals surface area contributed by atoms with Crippen LogP contribution in [-0.4, -0.2) is 70.6 Å². The highest BCUT2D eigenvalue weighted by Gasteiger charge is 2.26. The Bertz CT molecular complexity index is 1590. The molecule has 0 bridgehead atoms. The summed E-state index contributed by atoms with van der Waals surface area (Å²) in [5, 5.41) is 11.2. The van der Waals surface area contributed by atoms with Crippen molar-refractivity contribution in [2.45, 2.75) is 51.8 Å². The summed E-state index contributed by atoms with van der Waals surface area (Å²) >= 11 is 0. The first-order valence-corrected chi connectivity index (χ1v) is 15.3. The van der Waals surface area contributed by atoms with E-state index in [1.165, 1.54) is 30.5 Å². The number of methoxy groups -OCH3 is 1. The molecule has 0 unspecified atom stereocenters. The number of benzene rings is 3. The number of aliphatic hydroxyl groups is 1. The van der Waals surface area contributed by atoms with Gasteiger partial charge < -0.3 is 29.8 Å². The third kappa shape index (κ3) is 8.98. The van der Waals surface area contributed by atoms with Crippen molar-refractivity contribution in [1.82, 2.24) is 14.8 Å². The summed E-state index contributed by atoms with van der Waals surface area (Å²) in [5.41, 5.74) is 8.22. The van der Waals surface area contributed by atoms with Crippen LogP contribution in [0.25, 0.3) is 11.5 Å². The fraction of sp³-hybridized carbons (Fsp3) is 0.343. The molecule has 0 saturated carbocycles. The number of hydrogen-bond acceptors (Lipinski definition) is 7. The summed E-state index contributed by atoms with van der Waals surface area (Å²) < 4.78 is 38.5. The summed E-state index contributed by atoms with van der Waals surface area (Å²) in [7, 11) is 1.53. The molecule has 4 aromatic rings. The van der Waals surface area contributed by atoms with Crippen molar-refractivity contribution >= 4 is 11.8 Å². The molecule has 0 aliphatic heterocycles. The van der Waals surface area contributed by atoms with Crippen molar-refractivity contribution in [3.8, 4) is 17.2 Å². The zero-order valence-corrected chi connectivity index (χ0v) is 26.3. The summed E-state index contributed by atoms with van der Waals surface area (Å²) in [4.78, 5) is 35.3. The maximum Gasteiger partial charge on any atom is 0.254 e. The Morgan fingerprint density at radius 1 is 0.935 bits per heavy atom. The highest BCUT2D eigenvalue weighted by Crippen LogP contribution is 2.25. The van der Waals surface area contributed by atoms with Gasteiger partial charge in [-0.3, -0.25) is 9.59 Å². The number of nitrogens with zero attached hydrogens (tertiary/aromatic N) is 3. The van der Waals surface area contributed by atoms with Gasteiger partial charge in [-0.05, 0) is 72.9 Å². The van der Waals surface area contributed by atoms with Gasteiger partial charge in [0.15, 0.2) is 0 Å². The molecule has 0 spiro atoms. The maximum atomic E-state index is 14.3. The number of aliphatic hydroxyl groups excluding tert-OH is 1. The molecule has 2 atom stereocenters. The number of oxazole rings is 1. The van der Waals surface area contributed by atoms with Crippen molar-refractivity contribution in [2.75, 3.05) is 26.7 Å². The van der Waals surface area contributed by atoms with E-state index < -0.39 is 29.7 Å². The second-order valence-electron chi connectivity index (χ2n) is 11.2. The Hall–Kier alpha value is -4.61. The van der Waals surface area contributed by atoms with Gasteiger partial charge in [-0.1, -0.05) is 26.0 Å². The van der Waals surface area contributed by atoms with Gasteiger partial charge in [-0.2, -0.15) is 0 Å². The highest BCUT2D eigenvalue weighted by molar-refractivity contribution is 6.01. The van der Waals surface area contributed by atoms with Crippen LogP contribution in [0, 0.1) is 11.6 Å². The van der Waals surface area contributed by atoms with Gasteiger partial charge in [0.1, 0.15) is 23.6 Å². The van der Waals surface area contributed by atoms with Crippen LogP contribution in [0.5, 0.6) is 5.75 Å². The van der Waals surface area contributed by atoms with Crippen LogP contribution in [0.2, 0.25) is 0 Å². The van der Waals surface area contributed by atoms with E-state index in [4.69, 9.17) is 14.9 Å². The molecular weight excluding hydrogens is 594 g/mol. The van der Waals surface area contributed by atoms with Crippen LogP contribution < -0.4 is 10.5 Å². The van der Waals surface area contributed by atoms with E-state index in [1.807, 2.05) is 19.9 Å². The molecule has 244 valence electrons. The number of hydrogen-bond donors (Lipinski definition) is 2. The second-order valence-corrected chi connectivity index (χ2v) is 11.2. The Morgan fingerprint density at radius 3 is 2.17 bits per heavy atom. The Morgan fingerprint density at radius 2 is 1.59 bits per heavy atom. The highest BCUT2D eigenvalue weighted by atomic mass is 19.1. The van der Waals surface area contributed by atoms with E-state index in [-0.39, 0.29) is 42.4 Å².